The maximum absolute atomic E-state index is 12.1. The molecule has 0 saturated heterocycles. The first-order valence-electron chi connectivity index (χ1n) is 7.97. The first-order chi connectivity index (χ1) is 12.6. The van der Waals surface area contributed by atoms with Crippen LogP contribution in [0.3, 0.4) is 0 Å². The molecule has 0 aliphatic carbocycles. The lowest BCUT2D eigenvalue weighted by Gasteiger charge is -2.12. The number of para-hydroxylation sites is 3. The normalized spacial score (nSPS) is 10.2. The fraction of sp³-hybridized carbons (Fsp3) is 0.100. The summed E-state index contributed by atoms with van der Waals surface area (Å²) in [5.41, 5.74) is 0.504. The van der Waals surface area contributed by atoms with E-state index in [4.69, 9.17) is 9.47 Å². The van der Waals surface area contributed by atoms with Gasteiger partial charge in [0.05, 0.1) is 5.69 Å². The standard InChI is InChI=1S/C20H17NO4S/c1-14-11-12-18(26-14)20(23)24-13-19(22)21-16-9-5-6-10-17(16)25-15-7-3-2-4-8-15/h2-12H,13H2,1H3,(H,21,22). The highest BCUT2D eigenvalue weighted by Gasteiger charge is 2.13. The van der Waals surface area contributed by atoms with E-state index in [1.54, 1.807) is 24.3 Å². The second-order valence-corrected chi connectivity index (χ2v) is 6.73. The van der Waals surface area contributed by atoms with Gasteiger partial charge in [-0.3, -0.25) is 4.79 Å². The van der Waals surface area contributed by atoms with Crippen molar-refractivity contribution in [3.05, 3.63) is 76.5 Å². The molecular weight excluding hydrogens is 350 g/mol. The molecular formula is C20H17NO4S. The Labute approximate surface area is 155 Å². The highest BCUT2D eigenvalue weighted by molar-refractivity contribution is 7.13. The molecule has 6 heteroatoms. The molecule has 1 N–H and O–H groups in total. The predicted molar refractivity (Wildman–Crippen MR) is 101 cm³/mol. The molecule has 0 bridgehead atoms. The van der Waals surface area contributed by atoms with Crippen LogP contribution in [0.1, 0.15) is 14.5 Å². The second-order valence-electron chi connectivity index (χ2n) is 5.45. The van der Waals surface area contributed by atoms with Gasteiger partial charge in [0.25, 0.3) is 5.91 Å². The van der Waals surface area contributed by atoms with Crippen molar-refractivity contribution in [3.8, 4) is 11.5 Å². The molecule has 0 fully saturated rings. The highest BCUT2D eigenvalue weighted by Crippen LogP contribution is 2.29. The molecule has 0 unspecified atom stereocenters. The smallest absolute Gasteiger partial charge is 0.348 e. The molecule has 132 valence electrons. The topological polar surface area (TPSA) is 64.6 Å². The second kappa shape index (κ2) is 8.31. The van der Waals surface area contributed by atoms with Crippen LogP contribution in [0.4, 0.5) is 5.69 Å². The number of aryl methyl sites for hydroxylation is 1. The third kappa shape index (κ3) is 4.70. The molecule has 26 heavy (non-hydrogen) atoms. The molecule has 0 saturated carbocycles. The fourth-order valence-corrected chi connectivity index (χ4v) is 2.97. The van der Waals surface area contributed by atoms with Crippen LogP contribution >= 0.6 is 11.3 Å². The summed E-state index contributed by atoms with van der Waals surface area (Å²) < 4.78 is 10.8. The summed E-state index contributed by atoms with van der Waals surface area (Å²) in [5.74, 6) is 0.226. The van der Waals surface area contributed by atoms with Crippen molar-refractivity contribution < 1.29 is 19.1 Å². The van der Waals surface area contributed by atoms with Crippen molar-refractivity contribution in [2.45, 2.75) is 6.92 Å². The zero-order valence-corrected chi connectivity index (χ0v) is 14.9. The van der Waals surface area contributed by atoms with E-state index in [0.29, 0.717) is 22.1 Å². The Hall–Kier alpha value is -3.12. The molecule has 5 nitrogen and oxygen atoms in total. The molecule has 2 aromatic carbocycles. The van der Waals surface area contributed by atoms with E-state index in [9.17, 15) is 9.59 Å². The third-order valence-electron chi connectivity index (χ3n) is 3.41. The SMILES string of the molecule is Cc1ccc(C(=O)OCC(=O)Nc2ccccc2Oc2ccccc2)s1. The first-order valence-corrected chi connectivity index (χ1v) is 8.79. The molecule has 3 rings (SSSR count). The summed E-state index contributed by atoms with van der Waals surface area (Å²) >= 11 is 1.33. The van der Waals surface area contributed by atoms with Crippen LogP contribution in [-0.2, 0) is 9.53 Å². The number of nitrogens with one attached hydrogen (secondary N) is 1. The maximum Gasteiger partial charge on any atom is 0.348 e. The average Bonchev–Trinajstić information content (AvgIpc) is 3.09. The van der Waals surface area contributed by atoms with Crippen molar-refractivity contribution >= 4 is 28.9 Å². The van der Waals surface area contributed by atoms with Crippen LogP contribution in [0.25, 0.3) is 0 Å². The number of hydrogen-bond acceptors (Lipinski definition) is 5. The number of benzene rings is 2. The summed E-state index contributed by atoms with van der Waals surface area (Å²) in [4.78, 5) is 25.5. The number of carbonyl (C=O) groups excluding carboxylic acids is 2. The molecule has 1 heterocycles. The Morgan fingerprint density at radius 2 is 1.69 bits per heavy atom. The van der Waals surface area contributed by atoms with Crippen molar-refractivity contribution in [2.24, 2.45) is 0 Å². The number of esters is 1. The van der Waals surface area contributed by atoms with E-state index >= 15 is 0 Å². The number of amides is 1. The van der Waals surface area contributed by atoms with E-state index < -0.39 is 11.9 Å². The highest BCUT2D eigenvalue weighted by atomic mass is 32.1. The molecule has 3 aromatic rings. The molecule has 0 spiro atoms. The maximum atomic E-state index is 12.1. The van der Waals surface area contributed by atoms with Crippen LogP contribution in [0, 0.1) is 6.92 Å². The van der Waals surface area contributed by atoms with Gasteiger partial charge < -0.3 is 14.8 Å². The van der Waals surface area contributed by atoms with Gasteiger partial charge in [0.2, 0.25) is 0 Å². The Morgan fingerprint density at radius 3 is 2.42 bits per heavy atom. The lowest BCUT2D eigenvalue weighted by molar-refractivity contribution is -0.119. The largest absolute Gasteiger partial charge is 0.455 e. The first kappa shape index (κ1) is 17.7. The van der Waals surface area contributed by atoms with Crippen LogP contribution in [0.5, 0.6) is 11.5 Å². The Bertz CT molecular complexity index is 905. The van der Waals surface area contributed by atoms with Gasteiger partial charge in [-0.1, -0.05) is 30.3 Å². The third-order valence-corrected chi connectivity index (χ3v) is 4.39. The van der Waals surface area contributed by atoms with E-state index in [1.165, 1.54) is 11.3 Å². The molecule has 0 atom stereocenters. The molecule has 0 radical (unpaired) electrons. The van der Waals surface area contributed by atoms with Gasteiger partial charge in [0.15, 0.2) is 12.4 Å². The predicted octanol–water partition coefficient (Wildman–Crippen LogP) is 4.64. The minimum absolute atomic E-state index is 0.366. The van der Waals surface area contributed by atoms with Crippen molar-refractivity contribution in [2.75, 3.05) is 11.9 Å². The van der Waals surface area contributed by atoms with Crippen LogP contribution in [0.2, 0.25) is 0 Å². The van der Waals surface area contributed by atoms with Crippen LogP contribution < -0.4 is 10.1 Å². The lowest BCUT2D eigenvalue weighted by Crippen LogP contribution is -2.20. The summed E-state index contributed by atoms with van der Waals surface area (Å²) in [6.07, 6.45) is 0. The van der Waals surface area contributed by atoms with E-state index in [0.717, 1.165) is 4.88 Å². The van der Waals surface area contributed by atoms with Crippen molar-refractivity contribution in [1.29, 1.82) is 0 Å². The number of rotatable bonds is 6. The fourth-order valence-electron chi connectivity index (χ4n) is 2.21. The molecule has 0 aliphatic rings. The number of anilines is 1. The van der Waals surface area contributed by atoms with E-state index in [-0.39, 0.29) is 6.61 Å². The van der Waals surface area contributed by atoms with Gasteiger partial charge >= 0.3 is 5.97 Å². The van der Waals surface area contributed by atoms with Gasteiger partial charge in [0.1, 0.15) is 10.6 Å². The van der Waals surface area contributed by atoms with Gasteiger partial charge in [0, 0.05) is 4.88 Å². The number of thiophene rings is 1. The lowest BCUT2D eigenvalue weighted by atomic mass is 10.3. The van der Waals surface area contributed by atoms with Gasteiger partial charge in [-0.2, -0.15) is 0 Å². The Kier molecular flexibility index (Phi) is 5.66. The summed E-state index contributed by atoms with van der Waals surface area (Å²) in [7, 11) is 0. The quantitative estimate of drug-likeness (QED) is 0.645. The van der Waals surface area contributed by atoms with Crippen molar-refractivity contribution in [3.63, 3.8) is 0 Å². The number of carbonyl (C=O) groups is 2. The summed E-state index contributed by atoms with van der Waals surface area (Å²) in [6.45, 7) is 1.53. The van der Waals surface area contributed by atoms with Gasteiger partial charge in [-0.25, -0.2) is 4.79 Å². The molecule has 1 amide bonds. The minimum atomic E-state index is -0.507. The monoisotopic (exact) mass is 367 g/mol. The Morgan fingerprint density at radius 1 is 0.962 bits per heavy atom. The zero-order valence-electron chi connectivity index (χ0n) is 14.1. The van der Waals surface area contributed by atoms with Crippen molar-refractivity contribution in [1.82, 2.24) is 0 Å². The number of hydrogen-bond donors (Lipinski definition) is 1. The molecule has 1 aromatic heterocycles. The van der Waals surface area contributed by atoms with E-state index in [2.05, 4.69) is 5.32 Å². The van der Waals surface area contributed by atoms with E-state index in [1.807, 2.05) is 49.4 Å². The van der Waals surface area contributed by atoms with Gasteiger partial charge in [-0.05, 0) is 43.3 Å². The zero-order chi connectivity index (χ0) is 18.4. The summed E-state index contributed by atoms with van der Waals surface area (Å²) in [5, 5.41) is 2.71. The Balaban J connectivity index is 1.60. The minimum Gasteiger partial charge on any atom is -0.455 e. The average molecular weight is 367 g/mol. The van der Waals surface area contributed by atoms with Gasteiger partial charge in [-0.15, -0.1) is 11.3 Å². The van der Waals surface area contributed by atoms with Crippen LogP contribution in [-0.4, -0.2) is 18.5 Å². The molecule has 0 aliphatic heterocycles. The summed E-state index contributed by atoms with van der Waals surface area (Å²) in [6, 6.07) is 19.9. The van der Waals surface area contributed by atoms with Crippen LogP contribution in [0.15, 0.2) is 66.7 Å². The number of ether oxygens (including phenoxy) is 2.